The van der Waals surface area contributed by atoms with Crippen LogP contribution in [0.2, 0.25) is 0 Å². The first-order chi connectivity index (χ1) is 11.2. The van der Waals surface area contributed by atoms with Crippen LogP contribution >= 0.6 is 0 Å². The summed E-state index contributed by atoms with van der Waals surface area (Å²) >= 11 is 0. The number of benzene rings is 1. The van der Waals surface area contributed by atoms with Crippen molar-refractivity contribution < 1.29 is 4.39 Å². The molecule has 0 aliphatic carbocycles. The van der Waals surface area contributed by atoms with Gasteiger partial charge in [0.25, 0.3) is 0 Å². The van der Waals surface area contributed by atoms with Gasteiger partial charge in [0.15, 0.2) is 5.96 Å². The largest absolute Gasteiger partial charge is 0.361 e. The highest BCUT2D eigenvalue weighted by atomic mass is 19.1. The standard InChI is InChI=1S/C18H25FN4/c1-4-5-6-11-23(3)18(20-2)21-10-9-14-13-22-17-8-7-15(19)12-16(14)17/h4,7-8,12-13,22H,1,5-6,9-11H2,2-3H3,(H,20,21). The second kappa shape index (κ2) is 8.36. The molecule has 23 heavy (non-hydrogen) atoms. The number of aliphatic imine (C=N–C) groups is 1. The summed E-state index contributed by atoms with van der Waals surface area (Å²) in [6, 6.07) is 4.83. The maximum Gasteiger partial charge on any atom is 0.193 e. The van der Waals surface area contributed by atoms with Crippen molar-refractivity contribution in [1.29, 1.82) is 0 Å². The first-order valence-corrected chi connectivity index (χ1v) is 7.94. The lowest BCUT2D eigenvalue weighted by Crippen LogP contribution is -2.40. The average molecular weight is 316 g/mol. The SMILES string of the molecule is C=CCCCN(C)C(=NC)NCCc1c[nH]c2ccc(F)cc12. The third-order valence-corrected chi connectivity index (χ3v) is 3.88. The number of nitrogens with one attached hydrogen (secondary N) is 2. The smallest absolute Gasteiger partial charge is 0.193 e. The van der Waals surface area contributed by atoms with Crippen molar-refractivity contribution in [2.75, 3.05) is 27.2 Å². The zero-order chi connectivity index (χ0) is 16.7. The second-order valence-corrected chi connectivity index (χ2v) is 5.58. The van der Waals surface area contributed by atoms with Crippen molar-refractivity contribution in [3.63, 3.8) is 0 Å². The topological polar surface area (TPSA) is 43.4 Å². The molecular formula is C18H25FN4. The maximum absolute atomic E-state index is 13.4. The molecule has 2 N–H and O–H groups in total. The molecule has 2 aromatic rings. The monoisotopic (exact) mass is 316 g/mol. The lowest BCUT2D eigenvalue weighted by atomic mass is 10.1. The molecule has 1 aromatic heterocycles. The summed E-state index contributed by atoms with van der Waals surface area (Å²) in [7, 11) is 3.81. The summed E-state index contributed by atoms with van der Waals surface area (Å²) in [6.45, 7) is 5.42. The van der Waals surface area contributed by atoms with E-state index in [1.165, 1.54) is 6.07 Å². The molecule has 1 heterocycles. The Morgan fingerprint density at radius 3 is 3.04 bits per heavy atom. The van der Waals surface area contributed by atoms with Crippen LogP contribution in [0.5, 0.6) is 0 Å². The van der Waals surface area contributed by atoms with Gasteiger partial charge in [-0.05, 0) is 43.0 Å². The number of rotatable bonds is 7. The number of fused-ring (bicyclic) bond motifs is 1. The number of aromatic nitrogens is 1. The molecular weight excluding hydrogens is 291 g/mol. The van der Waals surface area contributed by atoms with E-state index in [1.54, 1.807) is 19.2 Å². The number of aromatic amines is 1. The van der Waals surface area contributed by atoms with E-state index in [0.29, 0.717) is 0 Å². The molecule has 2 rings (SSSR count). The summed E-state index contributed by atoms with van der Waals surface area (Å²) in [4.78, 5) is 9.59. The number of hydrogen-bond donors (Lipinski definition) is 2. The summed E-state index contributed by atoms with van der Waals surface area (Å²) in [5.41, 5.74) is 2.07. The van der Waals surface area contributed by atoms with Gasteiger partial charge in [-0.25, -0.2) is 4.39 Å². The molecule has 0 atom stereocenters. The van der Waals surface area contributed by atoms with E-state index >= 15 is 0 Å². The molecule has 0 amide bonds. The van der Waals surface area contributed by atoms with E-state index in [1.807, 2.05) is 19.3 Å². The molecule has 0 bridgehead atoms. The molecule has 0 spiro atoms. The first-order valence-electron chi connectivity index (χ1n) is 7.94. The van der Waals surface area contributed by atoms with E-state index in [9.17, 15) is 4.39 Å². The maximum atomic E-state index is 13.4. The van der Waals surface area contributed by atoms with Crippen molar-refractivity contribution in [1.82, 2.24) is 15.2 Å². The minimum Gasteiger partial charge on any atom is -0.361 e. The summed E-state index contributed by atoms with van der Waals surface area (Å²) < 4.78 is 13.4. The quantitative estimate of drug-likeness (QED) is 0.356. The van der Waals surface area contributed by atoms with Gasteiger partial charge in [0, 0.05) is 44.3 Å². The molecule has 1 aromatic carbocycles. The molecule has 4 nitrogen and oxygen atoms in total. The summed E-state index contributed by atoms with van der Waals surface area (Å²) in [6.07, 6.45) is 6.75. The van der Waals surface area contributed by atoms with Gasteiger partial charge < -0.3 is 15.2 Å². The van der Waals surface area contributed by atoms with Crippen molar-refractivity contribution in [3.8, 4) is 0 Å². The van der Waals surface area contributed by atoms with Crippen LogP contribution in [-0.4, -0.2) is 43.0 Å². The fourth-order valence-electron chi connectivity index (χ4n) is 2.63. The lowest BCUT2D eigenvalue weighted by Gasteiger charge is -2.21. The Kier molecular flexibility index (Phi) is 6.20. The zero-order valence-corrected chi connectivity index (χ0v) is 13.9. The van der Waals surface area contributed by atoms with Crippen LogP contribution in [0.15, 0.2) is 42.0 Å². The third kappa shape index (κ3) is 4.58. The molecule has 0 saturated heterocycles. The fourth-order valence-corrected chi connectivity index (χ4v) is 2.63. The van der Waals surface area contributed by atoms with Gasteiger partial charge in [-0.3, -0.25) is 4.99 Å². The molecule has 0 aliphatic heterocycles. The van der Waals surface area contributed by atoms with Crippen LogP contribution in [-0.2, 0) is 6.42 Å². The number of nitrogens with zero attached hydrogens (tertiary/aromatic N) is 2. The number of halogens is 1. The summed E-state index contributed by atoms with van der Waals surface area (Å²) in [5.74, 6) is 0.671. The average Bonchev–Trinajstić information content (AvgIpc) is 2.94. The fraction of sp³-hybridized carbons (Fsp3) is 0.389. The van der Waals surface area contributed by atoms with Gasteiger partial charge in [-0.15, -0.1) is 6.58 Å². The van der Waals surface area contributed by atoms with Crippen LogP contribution in [0.4, 0.5) is 4.39 Å². The second-order valence-electron chi connectivity index (χ2n) is 5.58. The highest BCUT2D eigenvalue weighted by Gasteiger charge is 2.07. The molecule has 5 heteroatoms. The number of guanidine groups is 1. The van der Waals surface area contributed by atoms with E-state index in [-0.39, 0.29) is 5.82 Å². The van der Waals surface area contributed by atoms with Gasteiger partial charge in [0.1, 0.15) is 5.82 Å². The minimum atomic E-state index is -0.205. The predicted molar refractivity (Wildman–Crippen MR) is 95.4 cm³/mol. The molecule has 0 radical (unpaired) electrons. The first kappa shape index (κ1) is 17.1. The highest BCUT2D eigenvalue weighted by Crippen LogP contribution is 2.19. The Hall–Kier alpha value is -2.30. The van der Waals surface area contributed by atoms with Gasteiger partial charge >= 0.3 is 0 Å². The van der Waals surface area contributed by atoms with E-state index in [0.717, 1.165) is 54.8 Å². The van der Waals surface area contributed by atoms with Crippen molar-refractivity contribution in [3.05, 3.63) is 48.4 Å². The predicted octanol–water partition coefficient (Wildman–Crippen LogP) is 3.32. The summed E-state index contributed by atoms with van der Waals surface area (Å²) in [5, 5.41) is 4.30. The Morgan fingerprint density at radius 1 is 1.48 bits per heavy atom. The molecule has 0 saturated carbocycles. The zero-order valence-electron chi connectivity index (χ0n) is 13.9. The number of allylic oxidation sites excluding steroid dienone is 1. The highest BCUT2D eigenvalue weighted by molar-refractivity contribution is 5.83. The van der Waals surface area contributed by atoms with Gasteiger partial charge in [0.05, 0.1) is 0 Å². The van der Waals surface area contributed by atoms with Crippen molar-refractivity contribution in [2.24, 2.45) is 4.99 Å². The van der Waals surface area contributed by atoms with Gasteiger partial charge in [0.2, 0.25) is 0 Å². The number of H-pyrrole nitrogens is 1. The molecule has 0 unspecified atom stereocenters. The van der Waals surface area contributed by atoms with E-state index < -0.39 is 0 Å². The van der Waals surface area contributed by atoms with Crippen LogP contribution in [0.3, 0.4) is 0 Å². The lowest BCUT2D eigenvalue weighted by molar-refractivity contribution is 0.470. The third-order valence-electron chi connectivity index (χ3n) is 3.88. The van der Waals surface area contributed by atoms with Crippen LogP contribution in [0.1, 0.15) is 18.4 Å². The van der Waals surface area contributed by atoms with Crippen molar-refractivity contribution in [2.45, 2.75) is 19.3 Å². The van der Waals surface area contributed by atoms with Crippen molar-refractivity contribution >= 4 is 16.9 Å². The van der Waals surface area contributed by atoms with Crippen LogP contribution in [0, 0.1) is 5.82 Å². The van der Waals surface area contributed by atoms with Gasteiger partial charge in [-0.1, -0.05) is 6.08 Å². The van der Waals surface area contributed by atoms with Crippen LogP contribution in [0.25, 0.3) is 10.9 Å². The van der Waals surface area contributed by atoms with E-state index in [4.69, 9.17) is 0 Å². The van der Waals surface area contributed by atoms with E-state index in [2.05, 4.69) is 26.8 Å². The number of unbranched alkanes of at least 4 members (excludes halogenated alkanes) is 1. The Bertz CT molecular complexity index is 675. The normalized spacial score (nSPS) is 11.7. The molecule has 0 aliphatic rings. The minimum absolute atomic E-state index is 0.205. The number of hydrogen-bond acceptors (Lipinski definition) is 1. The molecule has 0 fully saturated rings. The van der Waals surface area contributed by atoms with Crippen LogP contribution < -0.4 is 5.32 Å². The van der Waals surface area contributed by atoms with Gasteiger partial charge in [-0.2, -0.15) is 0 Å². The Morgan fingerprint density at radius 2 is 2.30 bits per heavy atom. The Balaban J connectivity index is 1.89. The molecule has 124 valence electrons. The Labute approximate surface area is 137 Å².